The van der Waals surface area contributed by atoms with Crippen molar-refractivity contribution >= 4 is 34.6 Å². The molecule has 2 aliphatic heterocycles. The van der Waals surface area contributed by atoms with Gasteiger partial charge in [0.1, 0.15) is 11.6 Å². The van der Waals surface area contributed by atoms with Gasteiger partial charge in [0.15, 0.2) is 5.65 Å². The summed E-state index contributed by atoms with van der Waals surface area (Å²) in [5, 5.41) is 29.3. The molecule has 0 bridgehead atoms. The Hall–Kier alpha value is -3.93. The van der Waals surface area contributed by atoms with Gasteiger partial charge in [-0.25, -0.2) is 4.98 Å². The number of hydrogen-bond acceptors (Lipinski definition) is 9. The van der Waals surface area contributed by atoms with Gasteiger partial charge in [0.25, 0.3) is 0 Å². The predicted molar refractivity (Wildman–Crippen MR) is 211 cm³/mol. The summed E-state index contributed by atoms with van der Waals surface area (Å²) in [5.41, 5.74) is 5.00. The number of nitrogens with one attached hydrogen (secondary N) is 3. The van der Waals surface area contributed by atoms with Crippen LogP contribution < -0.4 is 20.9 Å². The maximum Gasteiger partial charge on any atom is 0.247 e. The number of fused-ring (bicyclic) bond motifs is 1. The van der Waals surface area contributed by atoms with Gasteiger partial charge >= 0.3 is 0 Å². The summed E-state index contributed by atoms with van der Waals surface area (Å²) in [6.07, 6.45) is 15.1. The first kappa shape index (κ1) is 44.1. The Kier molecular flexibility index (Phi) is 23.7. The van der Waals surface area contributed by atoms with Crippen molar-refractivity contribution in [2.24, 2.45) is 0 Å². The Morgan fingerprint density at radius 2 is 1.52 bits per heavy atom. The summed E-state index contributed by atoms with van der Waals surface area (Å²) in [6, 6.07) is 9.64. The smallest absolute Gasteiger partial charge is 0.247 e. The van der Waals surface area contributed by atoms with Crippen molar-refractivity contribution in [2.75, 3.05) is 61.6 Å². The fraction of sp³-hybridized carbons (Fsp3) is 0.564. The number of allylic oxidation sites excluding steroid dienone is 1. The van der Waals surface area contributed by atoms with Gasteiger partial charge in [-0.1, -0.05) is 52.3 Å². The number of piperidine rings is 2. The maximum absolute atomic E-state index is 11.6. The van der Waals surface area contributed by atoms with Crippen molar-refractivity contribution in [3.05, 3.63) is 66.5 Å². The van der Waals surface area contributed by atoms with Crippen LogP contribution in [0.25, 0.3) is 5.65 Å². The number of aliphatic hydroxyl groups excluding tert-OH is 2. The van der Waals surface area contributed by atoms with Crippen molar-refractivity contribution in [3.8, 4) is 0 Å². The molecule has 280 valence electrons. The minimum atomic E-state index is -0.236. The summed E-state index contributed by atoms with van der Waals surface area (Å²) in [4.78, 5) is 21.4. The molecule has 1 amide bonds. The van der Waals surface area contributed by atoms with Crippen LogP contribution in [0.15, 0.2) is 61.0 Å². The van der Waals surface area contributed by atoms with Crippen LogP contribution >= 0.6 is 0 Å². The average molecular weight is 695 g/mol. The number of hydrogen-bond donors (Lipinski definition) is 5. The zero-order chi connectivity index (χ0) is 37.1. The van der Waals surface area contributed by atoms with Crippen LogP contribution in [0.3, 0.4) is 0 Å². The topological polar surface area (TPSA) is 130 Å². The third-order valence-electron chi connectivity index (χ3n) is 7.85. The van der Waals surface area contributed by atoms with E-state index < -0.39 is 0 Å². The van der Waals surface area contributed by atoms with E-state index in [1.165, 1.54) is 63.3 Å². The van der Waals surface area contributed by atoms with Crippen LogP contribution in [0, 0.1) is 0 Å². The molecule has 5 N–H and O–H groups in total. The van der Waals surface area contributed by atoms with Gasteiger partial charge < -0.3 is 31.1 Å². The molecule has 4 heterocycles. The monoisotopic (exact) mass is 695 g/mol. The highest BCUT2D eigenvalue weighted by Crippen LogP contribution is 2.27. The van der Waals surface area contributed by atoms with Crippen LogP contribution in [0.2, 0.25) is 0 Å². The zero-order valence-electron chi connectivity index (χ0n) is 32.0. The van der Waals surface area contributed by atoms with Crippen LogP contribution in [-0.2, 0) is 11.2 Å². The molecule has 1 aromatic carbocycles. The largest absolute Gasteiger partial charge is 0.397 e. The number of benzene rings is 1. The van der Waals surface area contributed by atoms with E-state index >= 15 is 0 Å². The first-order chi connectivity index (χ1) is 24.3. The summed E-state index contributed by atoms with van der Waals surface area (Å²) in [7, 11) is 0. The molecule has 5 rings (SSSR count). The van der Waals surface area contributed by atoms with Crippen molar-refractivity contribution in [2.45, 2.75) is 99.8 Å². The van der Waals surface area contributed by atoms with Crippen molar-refractivity contribution < 1.29 is 15.0 Å². The normalized spacial score (nSPS) is 14.3. The van der Waals surface area contributed by atoms with Gasteiger partial charge in [-0.2, -0.15) is 9.61 Å². The van der Waals surface area contributed by atoms with Crippen LogP contribution in [0.1, 0.15) is 99.0 Å². The highest BCUT2D eigenvalue weighted by molar-refractivity contribution is 5.99. The molecule has 3 aromatic rings. The number of aromatic nitrogens is 3. The minimum absolute atomic E-state index is 0.236. The number of anilines is 4. The summed E-state index contributed by atoms with van der Waals surface area (Å²) >= 11 is 0. The second kappa shape index (κ2) is 26.9. The second-order valence-corrected chi connectivity index (χ2v) is 11.7. The highest BCUT2D eigenvalue weighted by Gasteiger charge is 2.17. The first-order valence-electron chi connectivity index (χ1n) is 18.6. The lowest BCUT2D eigenvalue weighted by molar-refractivity contribution is -0.111. The van der Waals surface area contributed by atoms with Gasteiger partial charge in [-0.15, -0.1) is 0 Å². The Morgan fingerprint density at radius 1 is 0.920 bits per heavy atom. The Labute approximate surface area is 301 Å². The number of rotatable bonds is 10. The number of nitrogens with zero attached hydrogens (tertiary/aromatic N) is 5. The van der Waals surface area contributed by atoms with Crippen LogP contribution in [-0.4, -0.2) is 81.7 Å². The molecule has 0 radical (unpaired) electrons. The Bertz CT molecular complexity index is 1380. The first-order valence-corrected chi connectivity index (χ1v) is 18.6. The summed E-state index contributed by atoms with van der Waals surface area (Å²) < 4.78 is 1.85. The van der Waals surface area contributed by atoms with Gasteiger partial charge in [0.05, 0.1) is 12.9 Å². The molecule has 2 saturated heterocycles. The number of carbonyl (C=O) groups excluding carboxylic acids is 1. The molecule has 2 fully saturated rings. The van der Waals surface area contributed by atoms with E-state index in [2.05, 4.69) is 70.5 Å². The van der Waals surface area contributed by atoms with E-state index in [1.807, 2.05) is 48.8 Å². The summed E-state index contributed by atoms with van der Waals surface area (Å²) in [6.45, 7) is 23.5. The molecule has 11 heteroatoms. The van der Waals surface area contributed by atoms with Crippen molar-refractivity contribution in [1.29, 1.82) is 0 Å². The van der Waals surface area contributed by atoms with E-state index in [9.17, 15) is 4.79 Å². The zero-order valence-corrected chi connectivity index (χ0v) is 32.0. The molecular weight excluding hydrogens is 628 g/mol. The van der Waals surface area contributed by atoms with Crippen LogP contribution in [0.4, 0.5) is 23.0 Å². The second-order valence-electron chi connectivity index (χ2n) is 11.7. The average Bonchev–Trinajstić information content (AvgIpc) is 3.58. The Balaban J connectivity index is 0.000000495. The number of aryl methyl sites for hydroxylation is 1. The molecule has 2 aromatic heterocycles. The van der Waals surface area contributed by atoms with Gasteiger partial charge in [0.2, 0.25) is 5.91 Å². The van der Waals surface area contributed by atoms with Gasteiger partial charge in [-0.05, 0) is 109 Å². The van der Waals surface area contributed by atoms with Crippen LogP contribution in [0.5, 0.6) is 0 Å². The van der Waals surface area contributed by atoms with Crippen molar-refractivity contribution in [1.82, 2.24) is 24.8 Å². The number of carbonyl (C=O) groups is 1. The van der Waals surface area contributed by atoms with E-state index in [0.29, 0.717) is 5.69 Å². The molecule has 0 spiro atoms. The van der Waals surface area contributed by atoms with Gasteiger partial charge in [0, 0.05) is 49.3 Å². The van der Waals surface area contributed by atoms with Crippen molar-refractivity contribution in [3.63, 3.8) is 0 Å². The molecule has 11 nitrogen and oxygen atoms in total. The number of amides is 1. The predicted octanol–water partition coefficient (Wildman–Crippen LogP) is 7.51. The van der Waals surface area contributed by atoms with E-state index in [-0.39, 0.29) is 19.1 Å². The fourth-order valence-corrected chi connectivity index (χ4v) is 5.20. The Morgan fingerprint density at radius 3 is 2.10 bits per heavy atom. The maximum atomic E-state index is 11.6. The van der Waals surface area contributed by atoms with E-state index in [0.717, 1.165) is 61.1 Å². The number of likely N-dealkylation sites (tertiary alicyclic amines) is 1. The van der Waals surface area contributed by atoms with E-state index in [1.54, 1.807) is 13.8 Å². The molecule has 0 atom stereocenters. The fourth-order valence-electron chi connectivity index (χ4n) is 5.20. The quantitative estimate of drug-likeness (QED) is 0.137. The molecule has 2 aliphatic rings. The minimum Gasteiger partial charge on any atom is -0.397 e. The lowest BCUT2D eigenvalue weighted by Crippen LogP contribution is -2.36. The van der Waals surface area contributed by atoms with E-state index in [4.69, 9.17) is 15.2 Å². The number of aliphatic hydroxyl groups is 2. The SMILES string of the molecule is C=CC(=O)Nc1cccc(Nc2cc(N3CCCCC3)nc3c(CC)cnn23)c1.CC.CC/C(C)=C\NCN1CCCCC1.CCO.CCO. The lowest BCUT2D eigenvalue weighted by atomic mass is 10.1. The molecule has 0 saturated carbocycles. The standard InChI is InChI=1S/C22H26N6O.C11H22N2.2C2H6O.C2H6/c1-3-16-15-23-28-20(14-19(26-22(16)28)27-11-6-5-7-12-27)24-17-9-8-10-18(13-17)25-21(29)4-2;1-3-11(2)9-12-10-13-7-5-4-6-8-13;2*1-2-3;1-2/h4,8-10,13-15,24H,2-3,5-7,11-12H2,1H3,(H,25,29);9,12H,3-8,10H2,1-2H3;2*3H,2H2,1H3;1-2H3/b;11-9-;;;. The third kappa shape index (κ3) is 16.2. The lowest BCUT2D eigenvalue weighted by Gasteiger charge is -2.28. The van der Waals surface area contributed by atoms with Gasteiger partial charge in [-0.3, -0.25) is 9.69 Å². The molecule has 50 heavy (non-hydrogen) atoms. The molecule has 0 aliphatic carbocycles. The molecular formula is C39H66N8O3. The molecule has 0 unspecified atom stereocenters. The highest BCUT2D eigenvalue weighted by atomic mass is 16.3. The summed E-state index contributed by atoms with van der Waals surface area (Å²) in [5.74, 6) is 1.59. The third-order valence-corrected chi connectivity index (χ3v) is 7.85.